The lowest BCUT2D eigenvalue weighted by Crippen LogP contribution is -2.36. The Labute approximate surface area is 241 Å². The molecule has 3 rings (SSSR count). The van der Waals surface area contributed by atoms with E-state index in [0.29, 0.717) is 56.8 Å². The van der Waals surface area contributed by atoms with E-state index in [2.05, 4.69) is 0 Å². The molecule has 2 aromatic carbocycles. The number of benzene rings is 2. The summed E-state index contributed by atoms with van der Waals surface area (Å²) in [5, 5.41) is 0. The second-order valence-electron chi connectivity index (χ2n) is 8.71. The van der Waals surface area contributed by atoms with Crippen molar-refractivity contribution < 1.29 is 46.8 Å². The lowest BCUT2D eigenvalue weighted by atomic mass is 9.95. The van der Waals surface area contributed by atoms with Crippen LogP contribution in [0.25, 0.3) is 12.2 Å². The largest absolute Gasteiger partial charge is 0.493 e. The van der Waals surface area contributed by atoms with E-state index in [1.54, 1.807) is 54.9 Å². The third-order valence-electron chi connectivity index (χ3n) is 6.28. The van der Waals surface area contributed by atoms with Crippen LogP contribution in [-0.2, 0) is 18.4 Å². The molecule has 2 aromatic rings. The molecule has 0 unspecified atom stereocenters. The Morgan fingerprint density at radius 2 is 1.00 bits per heavy atom. The molecule has 0 aliphatic carbocycles. The van der Waals surface area contributed by atoms with Crippen LogP contribution in [0.4, 0.5) is 0 Å². The topological polar surface area (TPSA) is 111 Å². The van der Waals surface area contributed by atoms with Gasteiger partial charge < -0.3 is 28.4 Å². The van der Waals surface area contributed by atoms with E-state index in [1.807, 2.05) is 0 Å². The van der Waals surface area contributed by atoms with Gasteiger partial charge in [0.15, 0.2) is 28.8 Å². The summed E-state index contributed by atoms with van der Waals surface area (Å²) in [5.41, 5.74) is 1.98. The van der Waals surface area contributed by atoms with Crippen molar-refractivity contribution in [1.29, 1.82) is 0 Å². The fourth-order valence-corrected chi connectivity index (χ4v) is 6.20. The first-order valence-electron chi connectivity index (χ1n) is 12.9. The predicted octanol–water partition coefficient (Wildman–Crippen LogP) is 5.27. The number of ketones is 1. The van der Waals surface area contributed by atoms with E-state index in [9.17, 15) is 9.36 Å². The summed E-state index contributed by atoms with van der Waals surface area (Å²) in [5.74, 6) is 2.34. The number of ether oxygens (including phenoxy) is 6. The van der Waals surface area contributed by atoms with Crippen molar-refractivity contribution in [2.45, 2.75) is 13.8 Å². The van der Waals surface area contributed by atoms with E-state index in [1.165, 1.54) is 42.7 Å². The standard InChI is InChI=1S/C29H38NO10P/c1-9-39-41(32,40-10-2)30-17-21(11-19-13-23(33-3)28(37-7)24(14-19)34-4)27(31)22(18-30)12-20-15-25(35-5)29(38-8)26(16-20)36-6/h11-16H,9-10,17-18H2,1-8H3/b21-11+,22-12+. The van der Waals surface area contributed by atoms with Crippen molar-refractivity contribution in [3.8, 4) is 34.5 Å². The smallest absolute Gasteiger partial charge is 0.408 e. The quantitative estimate of drug-likeness (QED) is 0.224. The molecule has 1 fully saturated rings. The molecule has 1 aliphatic rings. The van der Waals surface area contributed by atoms with Crippen LogP contribution in [-0.4, -0.2) is 79.4 Å². The zero-order chi connectivity index (χ0) is 30.2. The first-order valence-corrected chi connectivity index (χ1v) is 14.4. The minimum absolute atomic E-state index is 0.0271. The van der Waals surface area contributed by atoms with Gasteiger partial charge in [0.05, 0.1) is 55.9 Å². The first kappa shape index (κ1) is 32.0. The van der Waals surface area contributed by atoms with Crippen LogP contribution in [0.5, 0.6) is 34.5 Å². The Morgan fingerprint density at radius 3 is 1.27 bits per heavy atom. The Hall–Kier alpha value is -3.50. The van der Waals surface area contributed by atoms with Gasteiger partial charge in [-0.3, -0.25) is 13.8 Å². The number of rotatable bonds is 13. The number of hydrogen-bond donors (Lipinski definition) is 0. The van der Waals surface area contributed by atoms with Crippen LogP contribution in [0.2, 0.25) is 0 Å². The monoisotopic (exact) mass is 591 g/mol. The van der Waals surface area contributed by atoms with Crippen LogP contribution in [0.3, 0.4) is 0 Å². The summed E-state index contributed by atoms with van der Waals surface area (Å²) in [6.45, 7) is 3.86. The summed E-state index contributed by atoms with van der Waals surface area (Å²) in [6.07, 6.45) is 3.40. The van der Waals surface area contributed by atoms with Gasteiger partial charge in [0.1, 0.15) is 0 Å². The van der Waals surface area contributed by atoms with E-state index in [4.69, 9.17) is 37.5 Å². The molecular formula is C29H38NO10P. The maximum atomic E-state index is 13.9. The molecule has 224 valence electrons. The van der Waals surface area contributed by atoms with Gasteiger partial charge in [-0.25, -0.2) is 4.57 Å². The average Bonchev–Trinajstić information content (AvgIpc) is 2.97. The molecule has 0 spiro atoms. The van der Waals surface area contributed by atoms with Crippen molar-refractivity contribution in [3.05, 3.63) is 46.5 Å². The Morgan fingerprint density at radius 1 is 0.659 bits per heavy atom. The summed E-state index contributed by atoms with van der Waals surface area (Å²) >= 11 is 0. The first-order chi connectivity index (χ1) is 19.7. The fourth-order valence-electron chi connectivity index (χ4n) is 4.49. The lowest BCUT2D eigenvalue weighted by Gasteiger charge is -2.34. The molecular weight excluding hydrogens is 553 g/mol. The molecule has 41 heavy (non-hydrogen) atoms. The molecule has 1 heterocycles. The molecule has 1 saturated heterocycles. The summed E-state index contributed by atoms with van der Waals surface area (Å²) in [6, 6.07) is 6.92. The third kappa shape index (κ3) is 7.05. The van der Waals surface area contributed by atoms with E-state index >= 15 is 0 Å². The Kier molecular flexibility index (Phi) is 11.3. The SMILES string of the molecule is CCOP(=O)(OCC)N1C/C(=C\c2cc(OC)c(OC)c(OC)c2)C(=O)/C(=C/c2cc(OC)c(OC)c(OC)c2)C1. The zero-order valence-electron chi connectivity index (χ0n) is 24.8. The van der Waals surface area contributed by atoms with Crippen LogP contribution in [0.15, 0.2) is 35.4 Å². The summed E-state index contributed by atoms with van der Waals surface area (Å²) in [7, 11) is 5.35. The highest BCUT2D eigenvalue weighted by Gasteiger charge is 2.39. The molecule has 0 N–H and O–H groups in total. The number of Topliss-reactive ketones (excluding diaryl/α,β-unsaturated/α-hetero) is 1. The molecule has 11 nitrogen and oxygen atoms in total. The summed E-state index contributed by atoms with van der Waals surface area (Å²) < 4.78 is 59.4. The van der Waals surface area contributed by atoms with E-state index in [-0.39, 0.29) is 32.1 Å². The fraction of sp³-hybridized carbons (Fsp3) is 0.414. The highest BCUT2D eigenvalue weighted by molar-refractivity contribution is 7.51. The predicted molar refractivity (Wildman–Crippen MR) is 156 cm³/mol. The second kappa shape index (κ2) is 14.4. The highest BCUT2D eigenvalue weighted by atomic mass is 31.2. The summed E-state index contributed by atoms with van der Waals surface area (Å²) in [4.78, 5) is 13.9. The van der Waals surface area contributed by atoms with Crippen LogP contribution in [0, 0.1) is 0 Å². The molecule has 12 heteroatoms. The number of methoxy groups -OCH3 is 6. The Bertz CT molecular complexity index is 1210. The molecule has 0 radical (unpaired) electrons. The van der Waals surface area contributed by atoms with Crippen molar-refractivity contribution in [2.24, 2.45) is 0 Å². The normalized spacial score (nSPS) is 16.1. The van der Waals surface area contributed by atoms with Gasteiger partial charge in [0.2, 0.25) is 11.5 Å². The van der Waals surface area contributed by atoms with Crippen LogP contribution >= 0.6 is 7.75 Å². The maximum absolute atomic E-state index is 13.9. The number of carbonyl (C=O) groups excluding carboxylic acids is 1. The number of piperidine rings is 1. The average molecular weight is 592 g/mol. The van der Waals surface area contributed by atoms with Gasteiger partial charge in [-0.15, -0.1) is 0 Å². The zero-order valence-corrected chi connectivity index (χ0v) is 25.7. The van der Waals surface area contributed by atoms with Crippen molar-refractivity contribution in [3.63, 3.8) is 0 Å². The van der Waals surface area contributed by atoms with Gasteiger partial charge in [-0.1, -0.05) is 0 Å². The van der Waals surface area contributed by atoms with Gasteiger partial charge in [0.25, 0.3) is 0 Å². The maximum Gasteiger partial charge on any atom is 0.408 e. The molecule has 0 amide bonds. The molecule has 0 aromatic heterocycles. The lowest BCUT2D eigenvalue weighted by molar-refractivity contribution is -0.113. The van der Waals surface area contributed by atoms with Crippen molar-refractivity contribution in [2.75, 3.05) is 69.0 Å². The molecule has 0 saturated carbocycles. The number of hydrogen-bond acceptors (Lipinski definition) is 10. The van der Waals surface area contributed by atoms with Gasteiger partial charge in [-0.2, -0.15) is 4.67 Å². The van der Waals surface area contributed by atoms with Crippen molar-refractivity contribution in [1.82, 2.24) is 4.67 Å². The number of nitrogens with zero attached hydrogens (tertiary/aromatic N) is 1. The van der Waals surface area contributed by atoms with Gasteiger partial charge in [-0.05, 0) is 61.4 Å². The van der Waals surface area contributed by atoms with Crippen LogP contribution < -0.4 is 28.4 Å². The minimum Gasteiger partial charge on any atom is -0.493 e. The number of carbonyl (C=O) groups is 1. The Balaban J connectivity index is 2.20. The van der Waals surface area contributed by atoms with E-state index in [0.717, 1.165) is 0 Å². The highest BCUT2D eigenvalue weighted by Crippen LogP contribution is 2.54. The molecule has 1 aliphatic heterocycles. The third-order valence-corrected chi connectivity index (χ3v) is 8.42. The van der Waals surface area contributed by atoms with Crippen LogP contribution in [0.1, 0.15) is 25.0 Å². The van der Waals surface area contributed by atoms with Crippen molar-refractivity contribution >= 4 is 25.7 Å². The second-order valence-corrected chi connectivity index (χ2v) is 10.7. The minimum atomic E-state index is -3.73. The van der Waals surface area contributed by atoms with E-state index < -0.39 is 7.75 Å². The van der Waals surface area contributed by atoms with Gasteiger partial charge >= 0.3 is 7.75 Å². The van der Waals surface area contributed by atoms with Gasteiger partial charge in [0, 0.05) is 24.2 Å². The molecule has 0 bridgehead atoms. The molecule has 0 atom stereocenters.